The number of ether oxygens (including phenoxy) is 2. The Morgan fingerprint density at radius 2 is 1.63 bits per heavy atom. The Morgan fingerprint density at radius 1 is 0.941 bits per heavy atom. The maximum atomic E-state index is 13.4. The van der Waals surface area contributed by atoms with Crippen LogP contribution in [-0.2, 0) is 35.3 Å². The molecule has 5 amide bonds. The lowest BCUT2D eigenvalue weighted by Gasteiger charge is -2.25. The van der Waals surface area contributed by atoms with Gasteiger partial charge in [-0.3, -0.25) is 24.2 Å². The summed E-state index contributed by atoms with van der Waals surface area (Å²) < 4.78 is 10.6. The van der Waals surface area contributed by atoms with Crippen molar-refractivity contribution >= 4 is 47.3 Å². The molecule has 1 heterocycles. The zero-order chi connectivity index (χ0) is 38.1. The lowest BCUT2D eigenvalue weighted by Crippen LogP contribution is -2.54. The first-order valence-electron chi connectivity index (χ1n) is 17.5. The molecule has 284 valence electrons. The van der Waals surface area contributed by atoms with Crippen LogP contribution >= 0.6 is 0 Å². The van der Waals surface area contributed by atoms with Gasteiger partial charge in [0.2, 0.25) is 17.7 Å². The SMILES string of the molecule is CC(C)OC(=O)NC[C@@H]1CCCN1C(=O)OCc1ccc(NC(=O)[C@H](CCCN=C(N)N)NC(=O)[C@@H](NC(=O)CCC(=O)C(C)C)C(C)C)cc1. The van der Waals surface area contributed by atoms with Crippen LogP contribution in [0.15, 0.2) is 29.3 Å². The molecule has 1 aromatic rings. The lowest BCUT2D eigenvalue weighted by atomic mass is 10.0. The Kier molecular flexibility index (Phi) is 17.7. The molecule has 0 aromatic heterocycles. The van der Waals surface area contributed by atoms with E-state index in [-0.39, 0.29) is 74.7 Å². The fourth-order valence-corrected chi connectivity index (χ4v) is 5.23. The fourth-order valence-electron chi connectivity index (χ4n) is 5.23. The number of benzene rings is 1. The molecule has 1 saturated heterocycles. The quantitative estimate of drug-likeness (QED) is 0.0695. The molecular formula is C35H56N8O8. The topological polar surface area (TPSA) is 237 Å². The molecule has 16 nitrogen and oxygen atoms in total. The largest absolute Gasteiger partial charge is 0.447 e. The van der Waals surface area contributed by atoms with Gasteiger partial charge in [-0.15, -0.1) is 0 Å². The van der Waals surface area contributed by atoms with Crippen LogP contribution in [0.3, 0.4) is 0 Å². The van der Waals surface area contributed by atoms with Crippen LogP contribution in [0.4, 0.5) is 15.3 Å². The van der Waals surface area contributed by atoms with E-state index in [0.29, 0.717) is 24.2 Å². The summed E-state index contributed by atoms with van der Waals surface area (Å²) in [5, 5.41) is 10.9. The summed E-state index contributed by atoms with van der Waals surface area (Å²) in [4.78, 5) is 81.5. The van der Waals surface area contributed by atoms with E-state index in [4.69, 9.17) is 20.9 Å². The summed E-state index contributed by atoms with van der Waals surface area (Å²) in [5.41, 5.74) is 12.0. The summed E-state index contributed by atoms with van der Waals surface area (Å²) >= 11 is 0. The highest BCUT2D eigenvalue weighted by atomic mass is 16.6. The molecule has 16 heteroatoms. The van der Waals surface area contributed by atoms with E-state index in [1.807, 2.05) is 0 Å². The smallest absolute Gasteiger partial charge is 0.410 e. The fraction of sp³-hybridized carbons (Fsp3) is 0.629. The van der Waals surface area contributed by atoms with E-state index in [2.05, 4.69) is 26.3 Å². The van der Waals surface area contributed by atoms with Gasteiger partial charge in [0.1, 0.15) is 24.5 Å². The number of nitrogens with zero attached hydrogens (tertiary/aromatic N) is 2. The lowest BCUT2D eigenvalue weighted by molar-refractivity contribution is -0.132. The van der Waals surface area contributed by atoms with Gasteiger partial charge in [-0.05, 0) is 63.1 Å². The van der Waals surface area contributed by atoms with Gasteiger partial charge in [-0.25, -0.2) is 9.59 Å². The van der Waals surface area contributed by atoms with Gasteiger partial charge in [-0.1, -0.05) is 39.8 Å². The predicted molar refractivity (Wildman–Crippen MR) is 192 cm³/mol. The number of aliphatic imine (C=N–C) groups is 1. The minimum absolute atomic E-state index is 0.00346. The van der Waals surface area contributed by atoms with Gasteiger partial charge in [0.15, 0.2) is 5.96 Å². The Hall–Kier alpha value is -4.89. The highest BCUT2D eigenvalue weighted by molar-refractivity contribution is 5.98. The van der Waals surface area contributed by atoms with Crippen molar-refractivity contribution in [3.63, 3.8) is 0 Å². The Labute approximate surface area is 300 Å². The molecule has 0 radical (unpaired) electrons. The summed E-state index contributed by atoms with van der Waals surface area (Å²) in [6.45, 7) is 11.6. The first-order valence-corrected chi connectivity index (χ1v) is 17.5. The van der Waals surface area contributed by atoms with Gasteiger partial charge in [-0.2, -0.15) is 0 Å². The van der Waals surface area contributed by atoms with E-state index >= 15 is 0 Å². The van der Waals surface area contributed by atoms with E-state index in [1.54, 1.807) is 70.7 Å². The van der Waals surface area contributed by atoms with Crippen LogP contribution in [-0.4, -0.2) is 90.4 Å². The molecule has 8 N–H and O–H groups in total. The molecule has 0 aliphatic carbocycles. The number of nitrogens with one attached hydrogen (secondary N) is 4. The van der Waals surface area contributed by atoms with Gasteiger partial charge < -0.3 is 47.1 Å². The van der Waals surface area contributed by atoms with Crippen LogP contribution in [0.1, 0.15) is 85.6 Å². The van der Waals surface area contributed by atoms with Crippen molar-refractivity contribution in [2.24, 2.45) is 28.3 Å². The van der Waals surface area contributed by atoms with E-state index in [0.717, 1.165) is 12.8 Å². The molecule has 1 aliphatic heterocycles. The first kappa shape index (κ1) is 42.3. The number of carbonyl (C=O) groups excluding carboxylic acids is 6. The van der Waals surface area contributed by atoms with Crippen LogP contribution < -0.4 is 32.7 Å². The molecule has 2 rings (SSSR count). The molecule has 0 spiro atoms. The minimum Gasteiger partial charge on any atom is -0.447 e. The van der Waals surface area contributed by atoms with Crippen LogP contribution in [0.2, 0.25) is 0 Å². The standard InChI is InChI=1S/C35H56N8O8/c1-21(2)28(44)15-16-29(45)42-30(22(3)4)32(47)41-27(10-7-17-38-33(36)37)31(46)40-25-13-11-24(12-14-25)20-50-35(49)43-18-8-9-26(43)19-39-34(48)51-23(5)6/h11-14,21-23,26-27,30H,7-10,15-20H2,1-6H3,(H,39,48)(H,40,46)(H,41,47)(H,42,45)(H4,36,37,38)/t26-,27-,30-/m0/s1. The molecule has 51 heavy (non-hydrogen) atoms. The number of alkyl carbamates (subject to hydrolysis) is 1. The van der Waals surface area contributed by atoms with E-state index in [9.17, 15) is 28.8 Å². The number of guanidine groups is 1. The normalized spacial score (nSPS) is 15.2. The first-order chi connectivity index (χ1) is 24.1. The van der Waals surface area contributed by atoms with Crippen molar-refractivity contribution in [2.45, 2.75) is 111 Å². The van der Waals surface area contributed by atoms with Gasteiger partial charge >= 0.3 is 12.2 Å². The van der Waals surface area contributed by atoms with Crippen molar-refractivity contribution in [3.8, 4) is 0 Å². The minimum atomic E-state index is -0.983. The van der Waals surface area contributed by atoms with Crippen molar-refractivity contribution in [1.29, 1.82) is 0 Å². The van der Waals surface area contributed by atoms with Gasteiger partial charge in [0, 0.05) is 44.1 Å². The maximum absolute atomic E-state index is 13.4. The van der Waals surface area contributed by atoms with Crippen molar-refractivity contribution in [2.75, 3.05) is 25.0 Å². The molecule has 0 unspecified atom stereocenters. The average molecular weight is 717 g/mol. The second kappa shape index (κ2) is 21.4. The number of anilines is 1. The average Bonchev–Trinajstić information content (AvgIpc) is 3.54. The second-order valence-electron chi connectivity index (χ2n) is 13.5. The number of amides is 5. The third-order valence-corrected chi connectivity index (χ3v) is 8.11. The summed E-state index contributed by atoms with van der Waals surface area (Å²) in [7, 11) is 0. The molecule has 0 bridgehead atoms. The number of hydrogen-bond donors (Lipinski definition) is 6. The zero-order valence-electron chi connectivity index (χ0n) is 30.7. The van der Waals surface area contributed by atoms with Crippen LogP contribution in [0.5, 0.6) is 0 Å². The third kappa shape index (κ3) is 15.7. The zero-order valence-corrected chi connectivity index (χ0v) is 30.7. The van der Waals surface area contributed by atoms with Crippen molar-refractivity contribution in [3.05, 3.63) is 29.8 Å². The molecular weight excluding hydrogens is 660 g/mol. The second-order valence-corrected chi connectivity index (χ2v) is 13.5. The number of hydrogen-bond acceptors (Lipinski definition) is 9. The van der Waals surface area contributed by atoms with E-state index in [1.165, 1.54) is 0 Å². The van der Waals surface area contributed by atoms with Crippen LogP contribution in [0, 0.1) is 11.8 Å². The van der Waals surface area contributed by atoms with Gasteiger partial charge in [0.05, 0.1) is 12.1 Å². The number of Topliss-reactive ketones (excluding diaryl/α,β-unsaturated/α-hetero) is 1. The molecule has 0 saturated carbocycles. The summed E-state index contributed by atoms with van der Waals surface area (Å²) in [6.07, 6.45) is 0.858. The summed E-state index contributed by atoms with van der Waals surface area (Å²) in [5.74, 6) is -2.10. The third-order valence-electron chi connectivity index (χ3n) is 8.11. The molecule has 1 aromatic carbocycles. The highest BCUT2D eigenvalue weighted by Gasteiger charge is 2.31. The molecule has 1 aliphatic rings. The number of carbonyl (C=O) groups is 6. The van der Waals surface area contributed by atoms with Crippen molar-refractivity contribution in [1.82, 2.24) is 20.9 Å². The highest BCUT2D eigenvalue weighted by Crippen LogP contribution is 2.19. The van der Waals surface area contributed by atoms with Crippen molar-refractivity contribution < 1.29 is 38.2 Å². The Morgan fingerprint density at radius 3 is 2.24 bits per heavy atom. The number of likely N-dealkylation sites (tertiary alicyclic amines) is 1. The number of ketones is 1. The van der Waals surface area contributed by atoms with Crippen LogP contribution in [0.25, 0.3) is 0 Å². The van der Waals surface area contributed by atoms with E-state index < -0.39 is 42.0 Å². The Bertz CT molecular complexity index is 1360. The molecule has 3 atom stereocenters. The predicted octanol–water partition coefficient (Wildman–Crippen LogP) is 2.55. The Balaban J connectivity index is 2.00. The summed E-state index contributed by atoms with van der Waals surface area (Å²) in [6, 6.07) is 4.59. The number of nitrogens with two attached hydrogens (primary N) is 2. The monoisotopic (exact) mass is 716 g/mol. The van der Waals surface area contributed by atoms with Gasteiger partial charge in [0.25, 0.3) is 0 Å². The molecule has 1 fully saturated rings. The maximum Gasteiger partial charge on any atom is 0.410 e. The number of rotatable bonds is 19.